The van der Waals surface area contributed by atoms with Crippen LogP contribution in [0.1, 0.15) is 31.0 Å². The van der Waals surface area contributed by atoms with Gasteiger partial charge in [-0.1, -0.05) is 67.9 Å². The molecule has 3 nitrogen and oxygen atoms in total. The SMILES string of the molecule is CC(C)(CNC(=O)C(N)c1ccccc1)c1ccc(Cl)cc1. The summed E-state index contributed by atoms with van der Waals surface area (Å²) in [7, 11) is 0. The first-order valence-electron chi connectivity index (χ1n) is 7.24. The molecule has 0 spiro atoms. The molecular formula is C18H21ClN2O. The molecule has 3 N–H and O–H groups in total. The van der Waals surface area contributed by atoms with Crippen molar-refractivity contribution in [1.82, 2.24) is 5.32 Å². The van der Waals surface area contributed by atoms with Gasteiger partial charge in [0.25, 0.3) is 0 Å². The Balaban J connectivity index is 1.99. The molecule has 116 valence electrons. The molecule has 0 saturated heterocycles. The Morgan fingerprint density at radius 2 is 1.73 bits per heavy atom. The summed E-state index contributed by atoms with van der Waals surface area (Å²) in [5.41, 5.74) is 7.72. The number of benzene rings is 2. The van der Waals surface area contributed by atoms with Crippen LogP contribution >= 0.6 is 11.6 Å². The largest absolute Gasteiger partial charge is 0.354 e. The number of nitrogens with two attached hydrogens (primary N) is 1. The summed E-state index contributed by atoms with van der Waals surface area (Å²) in [6.07, 6.45) is 0. The predicted molar refractivity (Wildman–Crippen MR) is 90.9 cm³/mol. The Labute approximate surface area is 136 Å². The molecule has 0 aliphatic carbocycles. The van der Waals surface area contributed by atoms with Crippen molar-refractivity contribution in [2.75, 3.05) is 6.54 Å². The Morgan fingerprint density at radius 1 is 1.14 bits per heavy atom. The molecule has 22 heavy (non-hydrogen) atoms. The molecule has 0 bridgehead atoms. The van der Waals surface area contributed by atoms with Crippen molar-refractivity contribution >= 4 is 17.5 Å². The highest BCUT2D eigenvalue weighted by molar-refractivity contribution is 6.30. The molecule has 0 radical (unpaired) electrons. The summed E-state index contributed by atoms with van der Waals surface area (Å²) in [5.74, 6) is -0.173. The quantitative estimate of drug-likeness (QED) is 0.888. The van der Waals surface area contributed by atoms with E-state index >= 15 is 0 Å². The fraction of sp³-hybridized carbons (Fsp3) is 0.278. The number of halogens is 1. The average molecular weight is 317 g/mol. The van der Waals surface area contributed by atoms with E-state index < -0.39 is 6.04 Å². The van der Waals surface area contributed by atoms with Gasteiger partial charge in [0.1, 0.15) is 6.04 Å². The summed E-state index contributed by atoms with van der Waals surface area (Å²) in [6, 6.07) is 16.4. The number of nitrogens with one attached hydrogen (secondary N) is 1. The van der Waals surface area contributed by atoms with E-state index in [1.165, 1.54) is 0 Å². The van der Waals surface area contributed by atoms with Gasteiger partial charge in [-0.05, 0) is 23.3 Å². The molecule has 1 unspecified atom stereocenters. The van der Waals surface area contributed by atoms with Gasteiger partial charge < -0.3 is 11.1 Å². The van der Waals surface area contributed by atoms with Crippen LogP contribution in [0.25, 0.3) is 0 Å². The first-order chi connectivity index (χ1) is 10.4. The number of rotatable bonds is 5. The van der Waals surface area contributed by atoms with Crippen molar-refractivity contribution in [1.29, 1.82) is 0 Å². The van der Waals surface area contributed by atoms with Crippen LogP contribution < -0.4 is 11.1 Å². The van der Waals surface area contributed by atoms with E-state index in [0.29, 0.717) is 11.6 Å². The Kier molecular flexibility index (Phi) is 5.22. The molecule has 0 fully saturated rings. The second-order valence-electron chi connectivity index (χ2n) is 6.00. The van der Waals surface area contributed by atoms with Crippen molar-refractivity contribution in [3.8, 4) is 0 Å². The van der Waals surface area contributed by atoms with Gasteiger partial charge in [-0.3, -0.25) is 4.79 Å². The van der Waals surface area contributed by atoms with E-state index in [9.17, 15) is 4.79 Å². The van der Waals surface area contributed by atoms with Crippen LogP contribution in [-0.4, -0.2) is 12.5 Å². The maximum atomic E-state index is 12.2. The zero-order chi connectivity index (χ0) is 16.2. The van der Waals surface area contributed by atoms with Gasteiger partial charge in [0.05, 0.1) is 0 Å². The monoisotopic (exact) mass is 316 g/mol. The fourth-order valence-corrected chi connectivity index (χ4v) is 2.36. The number of amides is 1. The Morgan fingerprint density at radius 3 is 2.32 bits per heavy atom. The molecule has 2 rings (SSSR count). The second-order valence-corrected chi connectivity index (χ2v) is 6.43. The third kappa shape index (κ3) is 4.09. The van der Waals surface area contributed by atoms with Crippen molar-refractivity contribution in [2.24, 2.45) is 5.73 Å². The molecule has 1 atom stereocenters. The minimum absolute atomic E-state index is 0.173. The van der Waals surface area contributed by atoms with Crippen LogP contribution in [0, 0.1) is 0 Å². The summed E-state index contributed by atoms with van der Waals surface area (Å²) in [5, 5.41) is 3.64. The number of hydrogen-bond acceptors (Lipinski definition) is 2. The number of hydrogen-bond donors (Lipinski definition) is 2. The summed E-state index contributed by atoms with van der Waals surface area (Å²) < 4.78 is 0. The summed E-state index contributed by atoms with van der Waals surface area (Å²) in [4.78, 5) is 12.2. The third-order valence-electron chi connectivity index (χ3n) is 3.77. The Bertz CT molecular complexity index is 623. The minimum Gasteiger partial charge on any atom is -0.354 e. The summed E-state index contributed by atoms with van der Waals surface area (Å²) >= 11 is 5.91. The molecule has 0 heterocycles. The molecule has 0 aliphatic heterocycles. The minimum atomic E-state index is -0.651. The highest BCUT2D eigenvalue weighted by Gasteiger charge is 2.23. The van der Waals surface area contributed by atoms with E-state index in [4.69, 9.17) is 17.3 Å². The van der Waals surface area contributed by atoms with Crippen molar-refractivity contribution < 1.29 is 4.79 Å². The topological polar surface area (TPSA) is 55.1 Å². The van der Waals surface area contributed by atoms with Gasteiger partial charge in [0, 0.05) is 17.0 Å². The smallest absolute Gasteiger partial charge is 0.241 e. The molecule has 2 aromatic rings. The maximum Gasteiger partial charge on any atom is 0.241 e. The van der Waals surface area contributed by atoms with E-state index in [2.05, 4.69) is 19.2 Å². The van der Waals surface area contributed by atoms with Gasteiger partial charge in [-0.25, -0.2) is 0 Å². The van der Waals surface area contributed by atoms with E-state index in [0.717, 1.165) is 11.1 Å². The average Bonchev–Trinajstić information content (AvgIpc) is 2.53. The van der Waals surface area contributed by atoms with Gasteiger partial charge >= 0.3 is 0 Å². The van der Waals surface area contributed by atoms with Crippen LogP contribution in [-0.2, 0) is 10.2 Å². The first-order valence-corrected chi connectivity index (χ1v) is 7.62. The second kappa shape index (κ2) is 6.95. The lowest BCUT2D eigenvalue weighted by atomic mass is 9.84. The van der Waals surface area contributed by atoms with Crippen LogP contribution in [0.2, 0.25) is 5.02 Å². The van der Waals surface area contributed by atoms with Crippen LogP contribution in [0.3, 0.4) is 0 Å². The fourth-order valence-electron chi connectivity index (χ4n) is 2.23. The third-order valence-corrected chi connectivity index (χ3v) is 4.02. The Hall–Kier alpha value is -1.84. The van der Waals surface area contributed by atoms with Gasteiger partial charge in [0.2, 0.25) is 5.91 Å². The molecule has 4 heteroatoms. The molecule has 2 aromatic carbocycles. The van der Waals surface area contributed by atoms with E-state index in [1.54, 1.807) is 0 Å². The van der Waals surface area contributed by atoms with E-state index in [-0.39, 0.29) is 11.3 Å². The van der Waals surface area contributed by atoms with Crippen LogP contribution in [0.5, 0.6) is 0 Å². The molecule has 0 aliphatic rings. The standard InChI is InChI=1S/C18H21ClN2O/c1-18(2,14-8-10-15(19)11-9-14)12-21-17(22)16(20)13-6-4-3-5-7-13/h3-11,16H,12,20H2,1-2H3,(H,21,22). The lowest BCUT2D eigenvalue weighted by Gasteiger charge is -2.26. The van der Waals surface area contributed by atoms with Crippen molar-refractivity contribution in [3.63, 3.8) is 0 Å². The highest BCUT2D eigenvalue weighted by atomic mass is 35.5. The van der Waals surface area contributed by atoms with Gasteiger partial charge in [-0.15, -0.1) is 0 Å². The summed E-state index contributed by atoms with van der Waals surface area (Å²) in [6.45, 7) is 4.66. The normalized spacial score (nSPS) is 12.7. The molecular weight excluding hydrogens is 296 g/mol. The lowest BCUT2D eigenvalue weighted by molar-refractivity contribution is -0.122. The number of carbonyl (C=O) groups is 1. The van der Waals surface area contributed by atoms with Crippen LogP contribution in [0.4, 0.5) is 0 Å². The molecule has 1 amide bonds. The van der Waals surface area contributed by atoms with Crippen molar-refractivity contribution in [2.45, 2.75) is 25.3 Å². The first kappa shape index (κ1) is 16.5. The zero-order valence-electron chi connectivity index (χ0n) is 12.8. The predicted octanol–water partition coefficient (Wildman–Crippen LogP) is 3.43. The zero-order valence-corrected chi connectivity index (χ0v) is 13.6. The maximum absolute atomic E-state index is 12.2. The van der Waals surface area contributed by atoms with Gasteiger partial charge in [-0.2, -0.15) is 0 Å². The molecule has 0 aromatic heterocycles. The molecule has 0 saturated carbocycles. The van der Waals surface area contributed by atoms with Crippen molar-refractivity contribution in [3.05, 3.63) is 70.7 Å². The van der Waals surface area contributed by atoms with Gasteiger partial charge in [0.15, 0.2) is 0 Å². The van der Waals surface area contributed by atoms with E-state index in [1.807, 2.05) is 54.6 Å². The lowest BCUT2D eigenvalue weighted by Crippen LogP contribution is -2.41. The van der Waals surface area contributed by atoms with Crippen LogP contribution in [0.15, 0.2) is 54.6 Å². The highest BCUT2D eigenvalue weighted by Crippen LogP contribution is 2.24. The number of carbonyl (C=O) groups excluding carboxylic acids is 1.